The van der Waals surface area contributed by atoms with E-state index < -0.39 is 0 Å². The van der Waals surface area contributed by atoms with E-state index in [9.17, 15) is 0 Å². The zero-order valence-corrected chi connectivity index (χ0v) is 14.5. The smallest absolute Gasteiger partial charge is 0.137 e. The van der Waals surface area contributed by atoms with Crippen LogP contribution in [-0.4, -0.2) is 19.4 Å². The molecule has 0 aliphatic heterocycles. The molecule has 4 nitrogen and oxygen atoms in total. The molecule has 24 heavy (non-hydrogen) atoms. The number of aromatic nitrogens is 4. The summed E-state index contributed by atoms with van der Waals surface area (Å²) in [7, 11) is 0. The molecule has 0 amide bonds. The maximum absolute atomic E-state index is 4.86. The topological polar surface area (TPSA) is 46.0 Å². The van der Waals surface area contributed by atoms with Crippen molar-refractivity contribution in [3.05, 3.63) is 65.9 Å². The molecule has 0 bridgehead atoms. The van der Waals surface area contributed by atoms with Gasteiger partial charge in [-0.15, -0.1) is 0 Å². The van der Waals surface area contributed by atoms with E-state index in [0.717, 1.165) is 22.4 Å². The van der Waals surface area contributed by atoms with Crippen LogP contribution in [0.15, 0.2) is 49.1 Å². The van der Waals surface area contributed by atoms with Crippen LogP contribution in [0, 0.1) is 0 Å². The molecule has 0 saturated heterocycles. The fourth-order valence-electron chi connectivity index (χ4n) is 3.12. The Morgan fingerprint density at radius 1 is 1.08 bits per heavy atom. The average Bonchev–Trinajstić information content (AvgIpc) is 3.19. The van der Waals surface area contributed by atoms with Crippen LogP contribution >= 0.6 is 0 Å². The zero-order valence-electron chi connectivity index (χ0n) is 14.5. The average molecular weight is 318 g/mol. The number of benzene rings is 1. The van der Waals surface area contributed by atoms with Gasteiger partial charge in [0.05, 0.1) is 23.1 Å². The third-order valence-corrected chi connectivity index (χ3v) is 4.92. The van der Waals surface area contributed by atoms with Crippen molar-refractivity contribution in [3.63, 3.8) is 0 Å². The molecule has 0 spiro atoms. The molecule has 4 aromatic rings. The van der Waals surface area contributed by atoms with Gasteiger partial charge in [-0.1, -0.05) is 39.8 Å². The molecular weight excluding hydrogens is 296 g/mol. The first-order valence-electron chi connectivity index (χ1n) is 8.38. The summed E-state index contributed by atoms with van der Waals surface area (Å²) in [4.78, 5) is 12.4. The molecule has 4 heteroatoms. The van der Waals surface area contributed by atoms with Crippen molar-refractivity contribution in [1.82, 2.24) is 19.4 Å². The van der Waals surface area contributed by atoms with Crippen LogP contribution < -0.4 is 0 Å². The van der Waals surface area contributed by atoms with Crippen LogP contribution in [0.2, 0.25) is 0 Å². The first kappa shape index (κ1) is 14.9. The highest BCUT2D eigenvalue weighted by Gasteiger charge is 2.26. The van der Waals surface area contributed by atoms with Crippen molar-refractivity contribution in [3.8, 4) is 0 Å². The van der Waals surface area contributed by atoms with Crippen molar-refractivity contribution in [2.75, 3.05) is 0 Å². The SMILES string of the molecule is CC(C)c1ccc2nc(C(C)(C)c3ccc4[nH]cnc4c3)cn2c1. The summed E-state index contributed by atoms with van der Waals surface area (Å²) in [6.07, 6.45) is 6.07. The molecular formula is C20H22N4. The van der Waals surface area contributed by atoms with Crippen molar-refractivity contribution in [2.45, 2.75) is 39.0 Å². The van der Waals surface area contributed by atoms with Gasteiger partial charge in [0, 0.05) is 17.8 Å². The second kappa shape index (κ2) is 5.20. The van der Waals surface area contributed by atoms with Crippen molar-refractivity contribution in [2.24, 2.45) is 0 Å². The van der Waals surface area contributed by atoms with Gasteiger partial charge in [0.15, 0.2) is 0 Å². The minimum absolute atomic E-state index is 0.183. The van der Waals surface area contributed by atoms with Gasteiger partial charge < -0.3 is 9.38 Å². The van der Waals surface area contributed by atoms with E-state index in [4.69, 9.17) is 4.98 Å². The van der Waals surface area contributed by atoms with E-state index in [1.807, 2.05) is 0 Å². The van der Waals surface area contributed by atoms with Gasteiger partial charge in [-0.25, -0.2) is 9.97 Å². The Kier molecular flexibility index (Phi) is 3.23. The number of hydrogen-bond acceptors (Lipinski definition) is 2. The lowest BCUT2D eigenvalue weighted by Crippen LogP contribution is -2.19. The molecule has 0 aliphatic carbocycles. The number of pyridine rings is 1. The van der Waals surface area contributed by atoms with Gasteiger partial charge in [0.25, 0.3) is 0 Å². The molecule has 0 aliphatic rings. The van der Waals surface area contributed by atoms with E-state index in [-0.39, 0.29) is 5.41 Å². The summed E-state index contributed by atoms with van der Waals surface area (Å²) < 4.78 is 2.14. The highest BCUT2D eigenvalue weighted by Crippen LogP contribution is 2.32. The van der Waals surface area contributed by atoms with E-state index in [1.54, 1.807) is 6.33 Å². The van der Waals surface area contributed by atoms with Gasteiger partial charge in [0.2, 0.25) is 0 Å². The summed E-state index contributed by atoms with van der Waals surface area (Å²) >= 11 is 0. The number of rotatable bonds is 3. The largest absolute Gasteiger partial charge is 0.345 e. The van der Waals surface area contributed by atoms with Gasteiger partial charge in [-0.05, 0) is 35.2 Å². The van der Waals surface area contributed by atoms with Crippen LogP contribution in [-0.2, 0) is 5.41 Å². The van der Waals surface area contributed by atoms with E-state index in [1.165, 1.54) is 11.1 Å². The quantitative estimate of drug-likeness (QED) is 0.597. The number of imidazole rings is 2. The van der Waals surface area contributed by atoms with E-state index >= 15 is 0 Å². The molecule has 0 fully saturated rings. The summed E-state index contributed by atoms with van der Waals surface area (Å²) in [5.41, 5.74) is 6.47. The first-order chi connectivity index (χ1) is 11.4. The fraction of sp³-hybridized carbons (Fsp3) is 0.300. The molecule has 0 radical (unpaired) electrons. The Labute approximate surface area is 141 Å². The lowest BCUT2D eigenvalue weighted by Gasteiger charge is -2.23. The first-order valence-corrected chi connectivity index (χ1v) is 8.38. The summed E-state index contributed by atoms with van der Waals surface area (Å²) in [6, 6.07) is 10.7. The van der Waals surface area contributed by atoms with Crippen LogP contribution in [0.1, 0.15) is 50.4 Å². The molecule has 0 saturated carbocycles. The Morgan fingerprint density at radius 3 is 2.71 bits per heavy atom. The predicted octanol–water partition coefficient (Wildman–Crippen LogP) is 4.66. The number of fused-ring (bicyclic) bond motifs is 2. The summed E-state index contributed by atoms with van der Waals surface area (Å²) in [6.45, 7) is 8.85. The zero-order chi connectivity index (χ0) is 16.9. The van der Waals surface area contributed by atoms with Crippen LogP contribution in [0.25, 0.3) is 16.7 Å². The summed E-state index contributed by atoms with van der Waals surface area (Å²) in [5.74, 6) is 0.510. The molecule has 3 heterocycles. The second-order valence-electron chi connectivity index (χ2n) is 7.27. The maximum Gasteiger partial charge on any atom is 0.137 e. The fourth-order valence-corrected chi connectivity index (χ4v) is 3.12. The van der Waals surface area contributed by atoms with Crippen LogP contribution in [0.4, 0.5) is 0 Å². The molecule has 122 valence electrons. The second-order valence-corrected chi connectivity index (χ2v) is 7.27. The van der Waals surface area contributed by atoms with Crippen LogP contribution in [0.3, 0.4) is 0 Å². The number of aromatic amines is 1. The number of nitrogens with zero attached hydrogens (tertiary/aromatic N) is 3. The Balaban J connectivity index is 1.81. The van der Waals surface area contributed by atoms with Gasteiger partial charge in [0.1, 0.15) is 5.65 Å². The Bertz CT molecular complexity index is 1020. The lowest BCUT2D eigenvalue weighted by atomic mass is 9.82. The van der Waals surface area contributed by atoms with Gasteiger partial charge >= 0.3 is 0 Å². The molecule has 3 aromatic heterocycles. The highest BCUT2D eigenvalue weighted by atomic mass is 15.0. The summed E-state index contributed by atoms with van der Waals surface area (Å²) in [5, 5.41) is 0. The standard InChI is InChI=1S/C20H22N4/c1-13(2)14-5-8-19-23-18(11-24(19)10-14)20(3,4)15-6-7-16-17(9-15)22-12-21-16/h5-13H,1-4H3,(H,21,22). The lowest BCUT2D eigenvalue weighted by molar-refractivity contribution is 0.622. The van der Waals surface area contributed by atoms with Crippen molar-refractivity contribution in [1.29, 1.82) is 0 Å². The molecule has 0 atom stereocenters. The maximum atomic E-state index is 4.86. The molecule has 0 unspecified atom stereocenters. The third-order valence-electron chi connectivity index (χ3n) is 4.92. The number of hydrogen-bond donors (Lipinski definition) is 1. The highest BCUT2D eigenvalue weighted by molar-refractivity contribution is 5.75. The van der Waals surface area contributed by atoms with Crippen LogP contribution in [0.5, 0.6) is 0 Å². The molecule has 4 rings (SSSR count). The monoisotopic (exact) mass is 318 g/mol. The predicted molar refractivity (Wildman–Crippen MR) is 97.5 cm³/mol. The van der Waals surface area contributed by atoms with E-state index in [0.29, 0.717) is 5.92 Å². The minimum atomic E-state index is -0.183. The van der Waals surface area contributed by atoms with Gasteiger partial charge in [-0.2, -0.15) is 0 Å². The molecule has 1 aromatic carbocycles. The normalized spacial score (nSPS) is 12.5. The number of nitrogens with one attached hydrogen (secondary N) is 1. The number of H-pyrrole nitrogens is 1. The minimum Gasteiger partial charge on any atom is -0.345 e. The van der Waals surface area contributed by atoms with Gasteiger partial charge in [-0.3, -0.25) is 0 Å². The Hall–Kier alpha value is -2.62. The van der Waals surface area contributed by atoms with Crippen molar-refractivity contribution < 1.29 is 0 Å². The molecule has 1 N–H and O–H groups in total. The third kappa shape index (κ3) is 2.30. The Morgan fingerprint density at radius 2 is 1.92 bits per heavy atom. The van der Waals surface area contributed by atoms with E-state index in [2.05, 4.69) is 84.8 Å². The van der Waals surface area contributed by atoms with Crippen molar-refractivity contribution >= 4 is 16.7 Å².